The summed E-state index contributed by atoms with van der Waals surface area (Å²) in [6.07, 6.45) is 0. The molecule has 0 aliphatic carbocycles. The van der Waals surface area contributed by atoms with Crippen molar-refractivity contribution in [2.45, 2.75) is 6.92 Å². The highest BCUT2D eigenvalue weighted by molar-refractivity contribution is 5.91. The summed E-state index contributed by atoms with van der Waals surface area (Å²) in [5.74, 6) is -2.78. The Bertz CT molecular complexity index is 461. The maximum absolute atomic E-state index is 13.3. The second kappa shape index (κ2) is 6.00. The molecule has 0 bridgehead atoms. The van der Waals surface area contributed by atoms with Crippen LogP contribution in [0.3, 0.4) is 0 Å². The Morgan fingerprint density at radius 3 is 2.67 bits per heavy atom. The van der Waals surface area contributed by atoms with Crippen molar-refractivity contribution in [1.82, 2.24) is 4.90 Å². The minimum Gasteiger partial charge on any atom is -0.483 e. The number of carboxylic acid groups (broad SMARTS) is 1. The van der Waals surface area contributed by atoms with Gasteiger partial charge in [-0.1, -0.05) is 6.07 Å². The van der Waals surface area contributed by atoms with E-state index in [0.717, 1.165) is 6.07 Å². The molecule has 0 radical (unpaired) electrons. The average Bonchev–Trinajstić information content (AvgIpc) is 2.34. The lowest BCUT2D eigenvalue weighted by Crippen LogP contribution is -2.31. The molecule has 1 N–H and O–H groups in total. The summed E-state index contributed by atoms with van der Waals surface area (Å²) in [7, 11) is 1.59. The van der Waals surface area contributed by atoms with E-state index in [1.165, 1.54) is 17.0 Å². The largest absolute Gasteiger partial charge is 0.483 e. The molecule has 0 aliphatic rings. The smallest absolute Gasteiger partial charge is 0.342 e. The van der Waals surface area contributed by atoms with Crippen LogP contribution in [0.25, 0.3) is 0 Å². The monoisotopic (exact) mass is 255 g/mol. The molecular formula is C12H14FNO4. The normalized spacial score (nSPS) is 9.94. The first kappa shape index (κ1) is 14.0. The van der Waals surface area contributed by atoms with Crippen molar-refractivity contribution < 1.29 is 23.8 Å². The van der Waals surface area contributed by atoms with Gasteiger partial charge in [0.05, 0.1) is 0 Å². The summed E-state index contributed by atoms with van der Waals surface area (Å²) in [5, 5.41) is 8.85. The van der Waals surface area contributed by atoms with Crippen LogP contribution in [0.5, 0.6) is 5.75 Å². The summed E-state index contributed by atoms with van der Waals surface area (Å²) in [4.78, 5) is 23.8. The maximum atomic E-state index is 13.3. The molecule has 1 rings (SSSR count). The molecule has 6 heteroatoms. The highest BCUT2D eigenvalue weighted by Gasteiger charge is 2.18. The molecule has 0 aromatic heterocycles. The third-order valence-corrected chi connectivity index (χ3v) is 2.44. The Kier molecular flexibility index (Phi) is 4.65. The number of halogens is 1. The van der Waals surface area contributed by atoms with Crippen molar-refractivity contribution in [3.63, 3.8) is 0 Å². The number of aromatic carboxylic acids is 1. The zero-order chi connectivity index (χ0) is 13.7. The van der Waals surface area contributed by atoms with Crippen LogP contribution in [0.4, 0.5) is 4.39 Å². The summed E-state index contributed by atoms with van der Waals surface area (Å²) in [6, 6.07) is 3.66. The molecule has 1 aromatic rings. The molecule has 0 fully saturated rings. The molecule has 5 nitrogen and oxygen atoms in total. The second-order valence-corrected chi connectivity index (χ2v) is 3.61. The van der Waals surface area contributed by atoms with Gasteiger partial charge in [0.25, 0.3) is 5.91 Å². The van der Waals surface area contributed by atoms with Gasteiger partial charge in [0.2, 0.25) is 0 Å². The molecule has 1 amide bonds. The third-order valence-electron chi connectivity index (χ3n) is 2.44. The van der Waals surface area contributed by atoms with Crippen LogP contribution in [0.1, 0.15) is 17.3 Å². The first-order valence-electron chi connectivity index (χ1n) is 5.36. The average molecular weight is 255 g/mol. The van der Waals surface area contributed by atoms with E-state index in [9.17, 15) is 14.0 Å². The SMILES string of the molecule is CCN(C)C(=O)COc1cccc(F)c1C(=O)O. The van der Waals surface area contributed by atoms with Crippen LogP contribution in [0, 0.1) is 5.82 Å². The molecule has 98 valence electrons. The quantitative estimate of drug-likeness (QED) is 0.863. The standard InChI is InChI=1S/C12H14FNO4/c1-3-14(2)10(15)7-18-9-6-4-5-8(13)11(9)12(16)17/h4-6H,3,7H2,1-2H3,(H,16,17). The lowest BCUT2D eigenvalue weighted by atomic mass is 10.2. The van der Waals surface area contributed by atoms with E-state index >= 15 is 0 Å². The van der Waals surface area contributed by atoms with Gasteiger partial charge in [0, 0.05) is 13.6 Å². The fraction of sp³-hybridized carbons (Fsp3) is 0.333. The number of ether oxygens (including phenoxy) is 1. The number of nitrogens with zero attached hydrogens (tertiary/aromatic N) is 1. The fourth-order valence-electron chi connectivity index (χ4n) is 1.26. The highest BCUT2D eigenvalue weighted by Crippen LogP contribution is 2.21. The summed E-state index contributed by atoms with van der Waals surface area (Å²) in [6.45, 7) is 1.98. The van der Waals surface area contributed by atoms with Crippen LogP contribution < -0.4 is 4.74 Å². The predicted octanol–water partition coefficient (Wildman–Crippen LogP) is 1.38. The van der Waals surface area contributed by atoms with Crippen molar-refractivity contribution >= 4 is 11.9 Å². The van der Waals surface area contributed by atoms with E-state index in [0.29, 0.717) is 6.54 Å². The maximum Gasteiger partial charge on any atom is 0.342 e. The Labute approximate surface area is 104 Å². The van der Waals surface area contributed by atoms with Crippen molar-refractivity contribution in [2.24, 2.45) is 0 Å². The number of amides is 1. The first-order valence-corrected chi connectivity index (χ1v) is 5.36. The van der Waals surface area contributed by atoms with Crippen molar-refractivity contribution in [3.8, 4) is 5.75 Å². The van der Waals surface area contributed by atoms with Gasteiger partial charge in [-0.15, -0.1) is 0 Å². The molecule has 18 heavy (non-hydrogen) atoms. The van der Waals surface area contributed by atoms with E-state index in [-0.39, 0.29) is 18.3 Å². The molecule has 0 unspecified atom stereocenters. The van der Waals surface area contributed by atoms with E-state index in [4.69, 9.17) is 9.84 Å². The topological polar surface area (TPSA) is 66.8 Å². The Morgan fingerprint density at radius 1 is 1.44 bits per heavy atom. The van der Waals surface area contributed by atoms with Gasteiger partial charge >= 0.3 is 5.97 Å². The highest BCUT2D eigenvalue weighted by atomic mass is 19.1. The number of carbonyl (C=O) groups is 2. The minimum atomic E-state index is -1.43. The molecular weight excluding hydrogens is 241 g/mol. The first-order chi connectivity index (χ1) is 8.47. The van der Waals surface area contributed by atoms with Crippen molar-refractivity contribution in [1.29, 1.82) is 0 Å². The lowest BCUT2D eigenvalue weighted by molar-refractivity contribution is -0.131. The number of benzene rings is 1. The molecule has 0 heterocycles. The zero-order valence-electron chi connectivity index (χ0n) is 10.1. The van der Waals surface area contributed by atoms with Crippen LogP contribution in [-0.2, 0) is 4.79 Å². The number of likely N-dealkylation sites (N-methyl/N-ethyl adjacent to an activating group) is 1. The van der Waals surface area contributed by atoms with Crippen LogP contribution in [0.2, 0.25) is 0 Å². The van der Waals surface area contributed by atoms with Crippen LogP contribution in [-0.4, -0.2) is 42.1 Å². The van der Waals surface area contributed by atoms with E-state index in [2.05, 4.69) is 0 Å². The minimum absolute atomic E-state index is 0.152. The van der Waals surface area contributed by atoms with Gasteiger partial charge in [-0.2, -0.15) is 0 Å². The Balaban J connectivity index is 2.83. The summed E-state index contributed by atoms with van der Waals surface area (Å²) < 4.78 is 18.3. The predicted molar refractivity (Wildman–Crippen MR) is 62.2 cm³/mol. The zero-order valence-corrected chi connectivity index (χ0v) is 10.1. The third kappa shape index (κ3) is 3.19. The van der Waals surface area contributed by atoms with Gasteiger partial charge in [-0.3, -0.25) is 4.79 Å². The van der Waals surface area contributed by atoms with Gasteiger partial charge in [-0.25, -0.2) is 9.18 Å². The Morgan fingerprint density at radius 2 is 2.11 bits per heavy atom. The van der Waals surface area contributed by atoms with Crippen molar-refractivity contribution in [3.05, 3.63) is 29.6 Å². The van der Waals surface area contributed by atoms with Crippen LogP contribution >= 0.6 is 0 Å². The molecule has 0 atom stereocenters. The van der Waals surface area contributed by atoms with Gasteiger partial charge in [0.1, 0.15) is 17.1 Å². The number of hydrogen-bond donors (Lipinski definition) is 1. The van der Waals surface area contributed by atoms with Gasteiger partial charge in [0.15, 0.2) is 6.61 Å². The number of hydrogen-bond acceptors (Lipinski definition) is 3. The van der Waals surface area contributed by atoms with E-state index in [1.54, 1.807) is 14.0 Å². The molecule has 0 spiro atoms. The summed E-state index contributed by atoms with van der Waals surface area (Å²) in [5.41, 5.74) is -0.565. The van der Waals surface area contributed by atoms with Crippen molar-refractivity contribution in [2.75, 3.05) is 20.2 Å². The van der Waals surface area contributed by atoms with E-state index < -0.39 is 17.3 Å². The second-order valence-electron chi connectivity index (χ2n) is 3.61. The molecule has 0 aliphatic heterocycles. The van der Waals surface area contributed by atoms with Gasteiger partial charge < -0.3 is 14.7 Å². The summed E-state index contributed by atoms with van der Waals surface area (Å²) >= 11 is 0. The lowest BCUT2D eigenvalue weighted by Gasteiger charge is -2.15. The van der Waals surface area contributed by atoms with Crippen LogP contribution in [0.15, 0.2) is 18.2 Å². The molecule has 1 aromatic carbocycles. The van der Waals surface area contributed by atoms with Gasteiger partial charge in [-0.05, 0) is 19.1 Å². The number of carboxylic acids is 1. The molecule has 0 saturated carbocycles. The van der Waals surface area contributed by atoms with E-state index in [1.807, 2.05) is 0 Å². The Hall–Kier alpha value is -2.11. The molecule has 0 saturated heterocycles. The number of carbonyl (C=O) groups excluding carboxylic acids is 1. The fourth-order valence-corrected chi connectivity index (χ4v) is 1.26. The number of rotatable bonds is 5.